The zero-order chi connectivity index (χ0) is 29.1. The van der Waals surface area contributed by atoms with Crippen molar-refractivity contribution in [1.82, 2.24) is 19.8 Å². The number of carbonyl (C=O) groups excluding carboxylic acids is 3. The number of aromatic nitrogens is 2. The number of thioether (sulfide) groups is 1. The zero-order valence-corrected chi connectivity index (χ0v) is 24.6. The summed E-state index contributed by atoms with van der Waals surface area (Å²) in [6.07, 6.45) is 7.66. The molecule has 4 heterocycles. The first-order valence-corrected chi connectivity index (χ1v) is 16.0. The maximum absolute atomic E-state index is 13.7. The number of benzene rings is 2. The Morgan fingerprint density at radius 1 is 1.12 bits per heavy atom. The topological polar surface area (TPSA) is 103 Å². The summed E-state index contributed by atoms with van der Waals surface area (Å²) in [5, 5.41) is 6.80. The van der Waals surface area contributed by atoms with E-state index in [1.807, 2.05) is 65.4 Å². The number of allylic oxidation sites excluding steroid dienone is 2. The lowest BCUT2D eigenvalue weighted by Gasteiger charge is -2.50. The van der Waals surface area contributed by atoms with E-state index in [1.54, 1.807) is 31.4 Å². The van der Waals surface area contributed by atoms with E-state index in [0.717, 1.165) is 21.6 Å². The van der Waals surface area contributed by atoms with Crippen molar-refractivity contribution >= 4 is 40.4 Å². The number of thiol groups is 1. The number of carbonyl (C=O) groups is 3. The smallest absolute Gasteiger partial charge is 0.356 e. The van der Waals surface area contributed by atoms with Gasteiger partial charge in [-0.15, -0.1) is 11.8 Å². The van der Waals surface area contributed by atoms with E-state index in [9.17, 15) is 14.4 Å². The molecule has 1 aromatic heterocycles. The summed E-state index contributed by atoms with van der Waals surface area (Å²) in [5.74, 6) is 0.192. The summed E-state index contributed by atoms with van der Waals surface area (Å²) in [5.41, 5.74) is 3.09. The van der Waals surface area contributed by atoms with Crippen molar-refractivity contribution in [3.8, 4) is 5.75 Å². The Balaban J connectivity index is 1.21. The predicted octanol–water partition coefficient (Wildman–Crippen LogP) is 3.90. The van der Waals surface area contributed by atoms with Gasteiger partial charge in [-0.2, -0.15) is 10.9 Å². The lowest BCUT2D eigenvalue weighted by molar-refractivity contribution is -0.153. The third-order valence-corrected chi connectivity index (χ3v) is 10.8. The van der Waals surface area contributed by atoms with Crippen molar-refractivity contribution in [3.63, 3.8) is 0 Å². The number of amides is 2. The number of ether oxygens (including phenoxy) is 2. The van der Waals surface area contributed by atoms with E-state index >= 15 is 0 Å². The molecule has 0 bridgehead atoms. The number of hydrogen-bond donors (Lipinski definition) is 2. The monoisotopic (exact) mass is 602 g/mol. The van der Waals surface area contributed by atoms with Gasteiger partial charge in [0, 0.05) is 29.6 Å². The Hall–Kier alpha value is -4.22. The van der Waals surface area contributed by atoms with Crippen LogP contribution in [0.2, 0.25) is 0 Å². The molecule has 3 aliphatic heterocycles. The minimum Gasteiger partial charge on any atom is -0.497 e. The van der Waals surface area contributed by atoms with Crippen LogP contribution in [0.3, 0.4) is 0 Å². The summed E-state index contributed by atoms with van der Waals surface area (Å²) < 4.78 is 13.0. The maximum atomic E-state index is 13.7. The molecule has 1 saturated heterocycles. The molecule has 216 valence electrons. The second-order valence-corrected chi connectivity index (χ2v) is 13.0. The van der Waals surface area contributed by atoms with Gasteiger partial charge in [0.2, 0.25) is 5.91 Å². The van der Waals surface area contributed by atoms with E-state index < -0.39 is 22.9 Å². The average molecular weight is 603 g/mol. The second kappa shape index (κ2) is 12.3. The predicted molar refractivity (Wildman–Crippen MR) is 163 cm³/mol. The van der Waals surface area contributed by atoms with Crippen LogP contribution in [-0.2, 0) is 38.7 Å². The van der Waals surface area contributed by atoms with Crippen molar-refractivity contribution in [2.75, 3.05) is 12.9 Å². The molecule has 1 N–H and O–H groups in total. The highest BCUT2D eigenvalue weighted by Crippen LogP contribution is 2.52. The van der Waals surface area contributed by atoms with Gasteiger partial charge in [-0.1, -0.05) is 48.5 Å². The number of nitrogens with one attached hydrogen (secondary N) is 1. The van der Waals surface area contributed by atoms with Gasteiger partial charge in [-0.05, 0) is 39.6 Å². The summed E-state index contributed by atoms with van der Waals surface area (Å²) >= 11 is 1.56. The van der Waals surface area contributed by atoms with Crippen LogP contribution in [0.15, 0.2) is 106 Å². The fourth-order valence-electron chi connectivity index (χ4n) is 5.03. The van der Waals surface area contributed by atoms with E-state index in [1.165, 1.54) is 4.90 Å². The van der Waals surface area contributed by atoms with E-state index in [4.69, 9.17) is 9.47 Å². The minimum atomic E-state index is -0.939. The maximum Gasteiger partial charge on any atom is 0.356 e. The number of hydrogen-bond acceptors (Lipinski definition) is 7. The van der Waals surface area contributed by atoms with Crippen LogP contribution in [-0.4, -0.2) is 56.5 Å². The summed E-state index contributed by atoms with van der Waals surface area (Å²) in [6.45, 7) is 0.736. The molecule has 9 nitrogen and oxygen atoms in total. The van der Waals surface area contributed by atoms with Gasteiger partial charge in [0.05, 0.1) is 19.9 Å². The van der Waals surface area contributed by atoms with Gasteiger partial charge in [-0.3, -0.25) is 14.5 Å². The number of fused-ring (bicyclic) bond motifs is 1. The molecule has 0 spiro atoms. The number of nitrogens with zero attached hydrogens (tertiary/aromatic N) is 3. The molecule has 2 amide bonds. The molecule has 3 aromatic rings. The summed E-state index contributed by atoms with van der Waals surface area (Å²) in [7, 11) is 0.655. The first-order valence-electron chi connectivity index (χ1n) is 13.4. The number of esters is 1. The van der Waals surface area contributed by atoms with Crippen LogP contribution in [0, 0.1) is 0 Å². The van der Waals surface area contributed by atoms with Crippen molar-refractivity contribution in [2.45, 2.75) is 31.0 Å². The molecule has 6 rings (SSSR count). The van der Waals surface area contributed by atoms with Crippen LogP contribution in [0.1, 0.15) is 11.1 Å². The molecule has 11 heteroatoms. The number of rotatable bonds is 10. The number of imidazole rings is 1. The molecule has 3 atom stereocenters. The molecule has 2 aromatic carbocycles. The Morgan fingerprint density at radius 2 is 1.93 bits per heavy atom. The average Bonchev–Trinajstić information content (AvgIpc) is 3.71. The SMILES string of the molecule is COc1ccc(COC(=O)C2=C([SH]3C=CC(Cn4ccnc4)=C3)CSC3[C@H](NC(=O)Cc4ccccc4)C(=O)N23)cc1. The van der Waals surface area contributed by atoms with E-state index in [0.29, 0.717) is 23.7 Å². The van der Waals surface area contributed by atoms with E-state index in [2.05, 4.69) is 27.2 Å². The van der Waals surface area contributed by atoms with Crippen molar-refractivity contribution in [3.05, 3.63) is 118 Å². The fraction of sp³-hybridized carbons (Fsp3) is 0.226. The van der Waals surface area contributed by atoms with Gasteiger partial charge in [0.1, 0.15) is 29.5 Å². The Labute approximate surface area is 250 Å². The van der Waals surface area contributed by atoms with Gasteiger partial charge in [0.15, 0.2) is 0 Å². The highest BCUT2D eigenvalue weighted by Gasteiger charge is 2.54. The van der Waals surface area contributed by atoms with E-state index in [-0.39, 0.29) is 30.2 Å². The van der Waals surface area contributed by atoms with Crippen LogP contribution < -0.4 is 10.1 Å². The zero-order valence-electron chi connectivity index (χ0n) is 22.9. The Bertz CT molecular complexity index is 1570. The fourth-order valence-corrected chi connectivity index (χ4v) is 8.79. The molecule has 3 aliphatic rings. The number of methoxy groups -OCH3 is 1. The first-order chi connectivity index (χ1) is 20.5. The number of β-lactam (4-membered cyclic amide) rings is 1. The molecule has 2 unspecified atom stereocenters. The van der Waals surface area contributed by atoms with Crippen molar-refractivity contribution in [2.24, 2.45) is 0 Å². The molecule has 1 fully saturated rings. The van der Waals surface area contributed by atoms with Gasteiger partial charge >= 0.3 is 5.97 Å². The van der Waals surface area contributed by atoms with Crippen LogP contribution in [0.5, 0.6) is 5.75 Å². The normalized spacial score (nSPS) is 21.8. The molecule has 42 heavy (non-hydrogen) atoms. The first kappa shape index (κ1) is 27.9. The standard InChI is InChI=1S/C31H30N4O5S2/c1-39-24-9-7-22(8-10-24)17-40-31(38)28-25(42-14-11-23(19-42)16-34-13-12-32-20-34)18-41-30-27(29(37)35(28)30)33-26(36)15-21-5-3-2-4-6-21/h2-14,19-20,27,30,42H,15-18H2,1H3,(H,33,36)/t27-,30?/m1/s1. The Kier molecular flexibility index (Phi) is 8.20. The van der Waals surface area contributed by atoms with Crippen LogP contribution in [0.4, 0.5) is 0 Å². The van der Waals surface area contributed by atoms with Crippen LogP contribution >= 0.6 is 22.7 Å². The molecule has 0 aliphatic carbocycles. The largest absolute Gasteiger partial charge is 0.497 e. The second-order valence-electron chi connectivity index (χ2n) is 10.00. The molecule has 0 saturated carbocycles. The molecule has 0 radical (unpaired) electrons. The van der Waals surface area contributed by atoms with Crippen molar-refractivity contribution < 1.29 is 23.9 Å². The quantitative estimate of drug-likeness (QED) is 0.206. The van der Waals surface area contributed by atoms with Crippen LogP contribution in [0.25, 0.3) is 0 Å². The lowest BCUT2D eigenvalue weighted by atomic mass is 10.0. The van der Waals surface area contributed by atoms with Crippen molar-refractivity contribution in [1.29, 1.82) is 0 Å². The van der Waals surface area contributed by atoms with Gasteiger partial charge in [0.25, 0.3) is 5.91 Å². The summed E-state index contributed by atoms with van der Waals surface area (Å²) in [4.78, 5) is 46.4. The van der Waals surface area contributed by atoms with Gasteiger partial charge in [-0.25, -0.2) is 9.78 Å². The highest BCUT2D eigenvalue weighted by atomic mass is 32.2. The lowest BCUT2D eigenvalue weighted by Crippen LogP contribution is -2.70. The molecular formula is C31H30N4O5S2. The third kappa shape index (κ3) is 5.88. The highest BCUT2D eigenvalue weighted by molar-refractivity contribution is 8.26. The van der Waals surface area contributed by atoms with Gasteiger partial charge < -0.3 is 19.4 Å². The summed E-state index contributed by atoms with van der Waals surface area (Å²) in [6, 6.07) is 16.0. The molecular weight excluding hydrogens is 572 g/mol. The third-order valence-electron chi connectivity index (χ3n) is 7.18. The minimum absolute atomic E-state index is 0.0617. The Morgan fingerprint density at radius 3 is 2.67 bits per heavy atom.